The van der Waals surface area contributed by atoms with Gasteiger partial charge in [0, 0.05) is 29.1 Å². The number of hydrazone groups is 1. The van der Waals surface area contributed by atoms with Crippen LogP contribution in [0.1, 0.15) is 36.8 Å². The van der Waals surface area contributed by atoms with Gasteiger partial charge in [-0.25, -0.2) is 4.68 Å². The van der Waals surface area contributed by atoms with Gasteiger partial charge < -0.3 is 9.30 Å². The topological polar surface area (TPSA) is 47.6 Å². The van der Waals surface area contributed by atoms with E-state index in [2.05, 4.69) is 59.6 Å². The number of hydrogen-bond acceptors (Lipinski definition) is 4. The van der Waals surface area contributed by atoms with E-state index in [0.29, 0.717) is 6.04 Å². The van der Waals surface area contributed by atoms with Crippen LogP contribution in [0, 0.1) is 13.8 Å². The third-order valence-corrected chi connectivity index (χ3v) is 4.19. The van der Waals surface area contributed by atoms with Crippen LogP contribution in [0.15, 0.2) is 23.4 Å². The SMILES string of the molecule is Cc1cc(/C=N\N2CCOCC2)c(C)n1-c1ccnn1C(C)C. The number of hydrogen-bond donors (Lipinski definition) is 0. The van der Waals surface area contributed by atoms with Crippen LogP contribution in [0.25, 0.3) is 5.82 Å². The number of nitrogens with zero attached hydrogens (tertiary/aromatic N) is 5. The van der Waals surface area contributed by atoms with Crippen LogP contribution < -0.4 is 0 Å². The summed E-state index contributed by atoms with van der Waals surface area (Å²) in [6, 6.07) is 4.56. The Morgan fingerprint density at radius 2 is 2.00 bits per heavy atom. The molecule has 2 aromatic heterocycles. The Balaban J connectivity index is 1.90. The largest absolute Gasteiger partial charge is 0.378 e. The van der Waals surface area contributed by atoms with Crippen LogP contribution in [0.5, 0.6) is 0 Å². The maximum atomic E-state index is 5.35. The Hall–Kier alpha value is -2.08. The molecule has 0 bridgehead atoms. The van der Waals surface area contributed by atoms with Gasteiger partial charge in [0.1, 0.15) is 5.82 Å². The quantitative estimate of drug-likeness (QED) is 0.815. The molecule has 6 heteroatoms. The minimum absolute atomic E-state index is 0.326. The summed E-state index contributed by atoms with van der Waals surface area (Å²) in [4.78, 5) is 0. The molecule has 3 heterocycles. The molecule has 3 rings (SSSR count). The molecule has 1 fully saturated rings. The van der Waals surface area contributed by atoms with Crippen LogP contribution in [0.4, 0.5) is 0 Å². The lowest BCUT2D eigenvalue weighted by Crippen LogP contribution is -2.32. The highest BCUT2D eigenvalue weighted by Gasteiger charge is 2.15. The van der Waals surface area contributed by atoms with Crippen molar-refractivity contribution >= 4 is 6.21 Å². The van der Waals surface area contributed by atoms with Crippen LogP contribution >= 0.6 is 0 Å². The fraction of sp³-hybridized carbons (Fsp3) is 0.529. The molecule has 0 radical (unpaired) electrons. The van der Waals surface area contributed by atoms with Gasteiger partial charge in [-0.1, -0.05) is 0 Å². The first-order valence-corrected chi connectivity index (χ1v) is 8.17. The maximum absolute atomic E-state index is 5.35. The highest BCUT2D eigenvalue weighted by atomic mass is 16.5. The van der Waals surface area contributed by atoms with Crippen molar-refractivity contribution in [2.45, 2.75) is 33.7 Å². The van der Waals surface area contributed by atoms with Crippen molar-refractivity contribution in [3.63, 3.8) is 0 Å². The van der Waals surface area contributed by atoms with E-state index in [1.807, 2.05) is 17.1 Å². The molecule has 0 unspecified atom stereocenters. The van der Waals surface area contributed by atoms with Crippen molar-refractivity contribution in [3.05, 3.63) is 35.3 Å². The van der Waals surface area contributed by atoms with E-state index in [4.69, 9.17) is 4.74 Å². The molecule has 0 atom stereocenters. The van der Waals surface area contributed by atoms with E-state index in [1.54, 1.807) is 0 Å². The molecule has 124 valence electrons. The summed E-state index contributed by atoms with van der Waals surface area (Å²) >= 11 is 0. The van der Waals surface area contributed by atoms with Gasteiger partial charge in [0.05, 0.1) is 38.7 Å². The first-order chi connectivity index (χ1) is 11.1. The van der Waals surface area contributed by atoms with Gasteiger partial charge in [0.15, 0.2) is 0 Å². The van der Waals surface area contributed by atoms with Crippen molar-refractivity contribution < 1.29 is 4.74 Å². The fourth-order valence-electron chi connectivity index (χ4n) is 2.97. The van der Waals surface area contributed by atoms with Gasteiger partial charge in [-0.2, -0.15) is 10.2 Å². The Bertz CT molecular complexity index is 692. The van der Waals surface area contributed by atoms with Crippen LogP contribution in [0.3, 0.4) is 0 Å². The highest BCUT2D eigenvalue weighted by molar-refractivity contribution is 5.82. The average molecular weight is 315 g/mol. The van der Waals surface area contributed by atoms with E-state index < -0.39 is 0 Å². The zero-order valence-corrected chi connectivity index (χ0v) is 14.4. The summed E-state index contributed by atoms with van der Waals surface area (Å²) in [6.45, 7) is 11.8. The number of rotatable bonds is 4. The van der Waals surface area contributed by atoms with E-state index in [0.717, 1.165) is 37.7 Å². The molecular weight excluding hydrogens is 290 g/mol. The van der Waals surface area contributed by atoms with Gasteiger partial charge in [-0.05, 0) is 33.8 Å². The number of aryl methyl sites for hydroxylation is 1. The van der Waals surface area contributed by atoms with Gasteiger partial charge in [0.25, 0.3) is 0 Å². The molecule has 1 aliphatic heterocycles. The van der Waals surface area contributed by atoms with Crippen molar-refractivity contribution in [1.29, 1.82) is 0 Å². The summed E-state index contributed by atoms with van der Waals surface area (Å²) in [5.41, 5.74) is 3.51. The fourth-order valence-corrected chi connectivity index (χ4v) is 2.97. The summed E-state index contributed by atoms with van der Waals surface area (Å²) in [6.07, 6.45) is 3.82. The van der Waals surface area contributed by atoms with Crippen molar-refractivity contribution in [3.8, 4) is 5.82 Å². The average Bonchev–Trinajstić information content (AvgIpc) is 3.11. The Morgan fingerprint density at radius 1 is 1.26 bits per heavy atom. The Kier molecular flexibility index (Phi) is 4.52. The third kappa shape index (κ3) is 3.17. The number of aromatic nitrogens is 3. The molecule has 0 saturated carbocycles. The molecule has 23 heavy (non-hydrogen) atoms. The minimum atomic E-state index is 0.326. The lowest BCUT2D eigenvalue weighted by molar-refractivity contribution is 0.0397. The van der Waals surface area contributed by atoms with Crippen molar-refractivity contribution in [1.82, 2.24) is 19.4 Å². The Morgan fingerprint density at radius 3 is 2.70 bits per heavy atom. The van der Waals surface area contributed by atoms with Crippen LogP contribution in [-0.4, -0.2) is 51.9 Å². The zero-order valence-electron chi connectivity index (χ0n) is 14.4. The minimum Gasteiger partial charge on any atom is -0.378 e. The molecule has 2 aromatic rings. The molecule has 1 saturated heterocycles. The maximum Gasteiger partial charge on any atom is 0.135 e. The van der Waals surface area contributed by atoms with Gasteiger partial charge >= 0.3 is 0 Å². The second kappa shape index (κ2) is 6.58. The molecule has 6 nitrogen and oxygen atoms in total. The van der Waals surface area contributed by atoms with Gasteiger partial charge in [-0.15, -0.1) is 0 Å². The third-order valence-electron chi connectivity index (χ3n) is 4.19. The smallest absolute Gasteiger partial charge is 0.135 e. The predicted molar refractivity (Wildman–Crippen MR) is 91.4 cm³/mol. The van der Waals surface area contributed by atoms with E-state index in [-0.39, 0.29) is 0 Å². The molecule has 0 amide bonds. The second-order valence-corrected chi connectivity index (χ2v) is 6.20. The van der Waals surface area contributed by atoms with Gasteiger partial charge in [-0.3, -0.25) is 5.01 Å². The first kappa shape index (κ1) is 15.8. The van der Waals surface area contributed by atoms with E-state index in [9.17, 15) is 0 Å². The second-order valence-electron chi connectivity index (χ2n) is 6.20. The molecule has 0 spiro atoms. The first-order valence-electron chi connectivity index (χ1n) is 8.17. The number of ether oxygens (including phenoxy) is 1. The normalized spacial score (nSPS) is 16.0. The molecule has 1 aliphatic rings. The van der Waals surface area contributed by atoms with Crippen LogP contribution in [-0.2, 0) is 4.74 Å². The summed E-state index contributed by atoms with van der Waals surface area (Å²) < 4.78 is 9.64. The summed E-state index contributed by atoms with van der Waals surface area (Å²) in [5, 5.41) is 11.1. The lowest BCUT2D eigenvalue weighted by atomic mass is 10.3. The molecular formula is C17H25N5O. The highest BCUT2D eigenvalue weighted by Crippen LogP contribution is 2.21. The molecule has 0 aromatic carbocycles. The van der Waals surface area contributed by atoms with Crippen molar-refractivity contribution in [2.75, 3.05) is 26.3 Å². The summed E-state index contributed by atoms with van der Waals surface area (Å²) in [5.74, 6) is 1.10. The standard InChI is InChI=1S/C17H25N5O/c1-13(2)22-17(5-6-18-22)21-14(3)11-16(15(21)4)12-19-20-7-9-23-10-8-20/h5-6,11-13H,7-10H2,1-4H3/b19-12-. The van der Waals surface area contributed by atoms with Crippen molar-refractivity contribution in [2.24, 2.45) is 5.10 Å². The predicted octanol–water partition coefficient (Wildman–Crippen LogP) is 2.54. The zero-order chi connectivity index (χ0) is 16.4. The van der Waals surface area contributed by atoms with E-state index in [1.165, 1.54) is 11.4 Å². The monoisotopic (exact) mass is 315 g/mol. The van der Waals surface area contributed by atoms with Gasteiger partial charge in [0.2, 0.25) is 0 Å². The van der Waals surface area contributed by atoms with E-state index >= 15 is 0 Å². The van der Waals surface area contributed by atoms with Crippen LogP contribution in [0.2, 0.25) is 0 Å². The molecule has 0 aliphatic carbocycles. The molecule has 0 N–H and O–H groups in total. The summed E-state index contributed by atoms with van der Waals surface area (Å²) in [7, 11) is 0. The number of morpholine rings is 1. The lowest BCUT2D eigenvalue weighted by Gasteiger charge is -2.23. The Labute approximate surface area is 137 Å².